The summed E-state index contributed by atoms with van der Waals surface area (Å²) in [5, 5.41) is 2.23. The highest BCUT2D eigenvalue weighted by Gasteiger charge is 2.13. The van der Waals surface area contributed by atoms with Crippen LogP contribution in [0.1, 0.15) is 6.85 Å². The normalized spacial score (nSPS) is 12.8. The summed E-state index contributed by atoms with van der Waals surface area (Å²) in [5.74, 6) is 0. The highest BCUT2D eigenvalue weighted by Crippen LogP contribution is 2.37. The van der Waals surface area contributed by atoms with Crippen LogP contribution in [-0.4, -0.2) is 0 Å². The summed E-state index contributed by atoms with van der Waals surface area (Å²) in [4.78, 5) is 2.13. The number of furan rings is 1. The highest BCUT2D eigenvalue weighted by molar-refractivity contribution is 6.06. The van der Waals surface area contributed by atoms with Crippen LogP contribution < -0.4 is 4.90 Å². The minimum absolute atomic E-state index is 0.190. The Morgan fingerprint density at radius 2 is 0.864 bits per heavy atom. The zero-order chi connectivity index (χ0) is 33.6. The zero-order valence-electron chi connectivity index (χ0n) is 28.7. The van der Waals surface area contributed by atoms with Crippen molar-refractivity contribution in [3.63, 3.8) is 0 Å². The Hall–Kier alpha value is -5.86. The van der Waals surface area contributed by atoms with Gasteiger partial charge in [0.25, 0.3) is 0 Å². The molecule has 8 aromatic rings. The predicted octanol–water partition coefficient (Wildman–Crippen LogP) is 12.1. The van der Waals surface area contributed by atoms with Crippen LogP contribution in [0.25, 0.3) is 55.3 Å². The van der Waals surface area contributed by atoms with Crippen molar-refractivity contribution in [2.45, 2.75) is 0 Å². The van der Waals surface area contributed by atoms with Crippen LogP contribution in [0, 0.1) is 0 Å². The largest absolute Gasteiger partial charge is 0.456 e. The van der Waals surface area contributed by atoms with Crippen LogP contribution in [0.5, 0.6) is 0 Å². The fourth-order valence-corrected chi connectivity index (χ4v) is 5.76. The number of para-hydroxylation sites is 2. The lowest BCUT2D eigenvalue weighted by atomic mass is 9.99. The van der Waals surface area contributed by atoms with Crippen molar-refractivity contribution in [3.8, 4) is 33.4 Å². The highest BCUT2D eigenvalue weighted by atomic mass is 16.3. The van der Waals surface area contributed by atoms with Gasteiger partial charge in [-0.1, -0.05) is 121 Å². The molecule has 2 nitrogen and oxygen atoms in total. The number of hydrogen-bond acceptors (Lipinski definition) is 2. The van der Waals surface area contributed by atoms with E-state index in [-0.39, 0.29) is 29.7 Å². The van der Waals surface area contributed by atoms with E-state index in [0.29, 0.717) is 5.56 Å². The van der Waals surface area contributed by atoms with E-state index in [1.165, 1.54) is 0 Å². The third-order valence-electron chi connectivity index (χ3n) is 7.98. The Balaban J connectivity index is 1.09. The molecule has 0 bridgehead atoms. The van der Waals surface area contributed by atoms with Crippen LogP contribution in [-0.2, 0) is 0 Å². The first-order chi connectivity index (χ1) is 23.9. The molecule has 0 aliphatic rings. The molecule has 0 spiro atoms. The molecular formula is C42H29NO. The molecule has 44 heavy (non-hydrogen) atoms. The molecule has 0 amide bonds. The lowest BCUT2D eigenvalue weighted by molar-refractivity contribution is 0.669. The van der Waals surface area contributed by atoms with Gasteiger partial charge in [-0.3, -0.25) is 0 Å². The molecule has 7 aromatic carbocycles. The molecule has 0 atom stereocenters. The van der Waals surface area contributed by atoms with Crippen LogP contribution in [0.3, 0.4) is 0 Å². The van der Waals surface area contributed by atoms with Crippen LogP contribution in [0.2, 0.25) is 0 Å². The molecule has 1 aromatic heterocycles. The summed E-state index contributed by atoms with van der Waals surface area (Å²) >= 11 is 0. The topological polar surface area (TPSA) is 16.4 Å². The Bertz CT molecular complexity index is 2440. The number of nitrogens with zero attached hydrogens (tertiary/aromatic N) is 1. The average Bonchev–Trinajstić information content (AvgIpc) is 3.53. The number of rotatable bonds is 6. The quantitative estimate of drug-likeness (QED) is 0.198. The second-order valence-electron chi connectivity index (χ2n) is 10.7. The summed E-state index contributed by atoms with van der Waals surface area (Å²) < 4.78 is 46.9. The van der Waals surface area contributed by atoms with Crippen molar-refractivity contribution in [1.29, 1.82) is 0 Å². The first-order valence-corrected chi connectivity index (χ1v) is 14.5. The molecule has 0 saturated heterocycles. The Morgan fingerprint density at radius 1 is 0.386 bits per heavy atom. The Labute approximate surface area is 264 Å². The molecule has 1 heterocycles. The summed E-state index contributed by atoms with van der Waals surface area (Å²) in [7, 11) is 0. The van der Waals surface area contributed by atoms with Crippen LogP contribution in [0.4, 0.5) is 17.1 Å². The first kappa shape index (κ1) is 20.9. The number of benzene rings is 7. The van der Waals surface area contributed by atoms with E-state index in [0.717, 1.165) is 61.3 Å². The fourth-order valence-electron chi connectivity index (χ4n) is 5.76. The van der Waals surface area contributed by atoms with Crippen molar-refractivity contribution < 1.29 is 11.3 Å². The number of fused-ring (bicyclic) bond motifs is 3. The third kappa shape index (κ3) is 4.83. The lowest BCUT2D eigenvalue weighted by Gasteiger charge is -2.26. The van der Waals surface area contributed by atoms with Gasteiger partial charge in [-0.25, -0.2) is 0 Å². The Kier molecular flexibility index (Phi) is 5.27. The van der Waals surface area contributed by atoms with Crippen molar-refractivity contribution in [3.05, 3.63) is 176 Å². The van der Waals surface area contributed by atoms with Gasteiger partial charge in [-0.15, -0.1) is 0 Å². The maximum atomic E-state index is 8.39. The third-order valence-corrected chi connectivity index (χ3v) is 7.98. The van der Waals surface area contributed by atoms with Crippen molar-refractivity contribution in [1.82, 2.24) is 0 Å². The predicted molar refractivity (Wildman–Crippen MR) is 185 cm³/mol. The van der Waals surface area contributed by atoms with Gasteiger partial charge in [-0.05, 0) is 88.0 Å². The molecule has 0 aliphatic carbocycles. The van der Waals surface area contributed by atoms with Gasteiger partial charge in [0.1, 0.15) is 11.2 Å². The van der Waals surface area contributed by atoms with E-state index < -0.39 is 6.04 Å². The second kappa shape index (κ2) is 11.1. The SMILES string of the molecule is [2H]c1c([2H])c([2H])c(-c2ccc(N(c3ccccc3)c3ccc(-c4ccc(-c5ccc6oc7ccccc7c6c5)cc4)cc3)cc2)c([2H])c1[2H]. The molecule has 208 valence electrons. The van der Waals surface area contributed by atoms with E-state index in [1.807, 2.05) is 78.9 Å². The van der Waals surface area contributed by atoms with Crippen molar-refractivity contribution in [2.75, 3.05) is 4.90 Å². The van der Waals surface area contributed by atoms with E-state index in [2.05, 4.69) is 71.6 Å². The zero-order valence-corrected chi connectivity index (χ0v) is 23.7. The van der Waals surface area contributed by atoms with Gasteiger partial charge in [0.15, 0.2) is 0 Å². The number of hydrogen-bond donors (Lipinski definition) is 0. The van der Waals surface area contributed by atoms with Gasteiger partial charge >= 0.3 is 0 Å². The number of anilines is 3. The monoisotopic (exact) mass is 568 g/mol. The lowest BCUT2D eigenvalue weighted by Crippen LogP contribution is -2.09. The molecule has 8 rings (SSSR count). The summed E-state index contributed by atoms with van der Waals surface area (Å²) in [6.45, 7) is 0. The smallest absolute Gasteiger partial charge is 0.135 e. The maximum absolute atomic E-state index is 8.39. The second-order valence-corrected chi connectivity index (χ2v) is 10.7. The molecule has 0 fully saturated rings. The Morgan fingerprint density at radius 3 is 1.52 bits per heavy atom. The summed E-state index contributed by atoms with van der Waals surface area (Å²) in [5.41, 5.74) is 9.81. The van der Waals surface area contributed by atoms with E-state index in [1.54, 1.807) is 0 Å². The average molecular weight is 569 g/mol. The van der Waals surface area contributed by atoms with E-state index >= 15 is 0 Å². The van der Waals surface area contributed by atoms with Gasteiger partial charge in [-0.2, -0.15) is 0 Å². The van der Waals surface area contributed by atoms with Gasteiger partial charge in [0.05, 0.1) is 6.85 Å². The molecule has 0 radical (unpaired) electrons. The molecule has 0 aliphatic heterocycles. The minimum Gasteiger partial charge on any atom is -0.456 e. The van der Waals surface area contributed by atoms with Gasteiger partial charge in [0, 0.05) is 27.8 Å². The standard InChI is InChI=1S/C42H29NO/c1-3-9-30(10-4-1)32-19-24-37(25-20-32)43(36-11-5-2-6-12-36)38-26-21-33(22-27-38)31-15-17-34(18-16-31)35-23-28-42-40(29-35)39-13-7-8-14-41(39)44-42/h1-29H/i1D,3D,4D,9D,10D. The molecule has 0 N–H and O–H groups in total. The molecule has 0 unspecified atom stereocenters. The molecule has 2 heteroatoms. The minimum atomic E-state index is -0.397. The van der Waals surface area contributed by atoms with Crippen LogP contribution in [0.15, 0.2) is 180 Å². The van der Waals surface area contributed by atoms with Gasteiger partial charge < -0.3 is 9.32 Å². The molecule has 0 saturated carbocycles. The first-order valence-electron chi connectivity index (χ1n) is 17.0. The summed E-state index contributed by atoms with van der Waals surface area (Å²) in [6, 6.07) is 47.5. The van der Waals surface area contributed by atoms with Crippen molar-refractivity contribution in [2.24, 2.45) is 0 Å². The van der Waals surface area contributed by atoms with Gasteiger partial charge in [0.2, 0.25) is 0 Å². The van der Waals surface area contributed by atoms with Crippen molar-refractivity contribution >= 4 is 39.0 Å². The van der Waals surface area contributed by atoms with E-state index in [4.69, 9.17) is 11.3 Å². The fraction of sp³-hybridized carbons (Fsp3) is 0. The van der Waals surface area contributed by atoms with Crippen LogP contribution >= 0.6 is 0 Å². The maximum Gasteiger partial charge on any atom is 0.135 e. The molecular weight excluding hydrogens is 534 g/mol. The van der Waals surface area contributed by atoms with E-state index in [9.17, 15) is 0 Å². The summed E-state index contributed by atoms with van der Waals surface area (Å²) in [6.07, 6.45) is 0.